The highest BCUT2D eigenvalue weighted by molar-refractivity contribution is 9.10. The number of anilines is 1. The van der Waals surface area contributed by atoms with Crippen LogP contribution in [0.15, 0.2) is 22.7 Å². The molecule has 0 aliphatic carbocycles. The SMILES string of the molecule is CN(CC1CCCCO1)c1ccc(CN)c(Br)c1. The Kier molecular flexibility index (Phi) is 5.03. The third-order valence-corrected chi connectivity index (χ3v) is 4.19. The van der Waals surface area contributed by atoms with Crippen molar-refractivity contribution in [1.29, 1.82) is 0 Å². The molecule has 18 heavy (non-hydrogen) atoms. The fourth-order valence-corrected chi connectivity index (χ4v) is 2.83. The van der Waals surface area contributed by atoms with Gasteiger partial charge in [0, 0.05) is 36.9 Å². The molecule has 0 saturated carbocycles. The second-order valence-corrected chi connectivity index (χ2v) is 5.70. The molecule has 0 radical (unpaired) electrons. The smallest absolute Gasteiger partial charge is 0.0749 e. The molecule has 2 rings (SSSR count). The van der Waals surface area contributed by atoms with Gasteiger partial charge in [0.25, 0.3) is 0 Å². The van der Waals surface area contributed by atoms with Gasteiger partial charge in [-0.1, -0.05) is 22.0 Å². The molecule has 1 aliphatic heterocycles. The Hall–Kier alpha value is -0.580. The Balaban J connectivity index is 1.99. The topological polar surface area (TPSA) is 38.5 Å². The summed E-state index contributed by atoms with van der Waals surface area (Å²) in [6.45, 7) is 2.43. The number of hydrogen-bond donors (Lipinski definition) is 1. The first-order chi connectivity index (χ1) is 8.70. The van der Waals surface area contributed by atoms with E-state index in [9.17, 15) is 0 Å². The van der Waals surface area contributed by atoms with Gasteiger partial charge in [0.1, 0.15) is 0 Å². The summed E-state index contributed by atoms with van der Waals surface area (Å²) in [6, 6.07) is 6.33. The van der Waals surface area contributed by atoms with Gasteiger partial charge in [0.15, 0.2) is 0 Å². The van der Waals surface area contributed by atoms with Crippen LogP contribution in [0.5, 0.6) is 0 Å². The Bertz CT molecular complexity index is 391. The zero-order chi connectivity index (χ0) is 13.0. The molecule has 1 unspecified atom stereocenters. The number of nitrogens with zero attached hydrogens (tertiary/aromatic N) is 1. The second kappa shape index (κ2) is 6.55. The van der Waals surface area contributed by atoms with Gasteiger partial charge in [-0.2, -0.15) is 0 Å². The van der Waals surface area contributed by atoms with E-state index in [4.69, 9.17) is 10.5 Å². The van der Waals surface area contributed by atoms with Crippen LogP contribution >= 0.6 is 15.9 Å². The summed E-state index contributed by atoms with van der Waals surface area (Å²) >= 11 is 3.56. The van der Waals surface area contributed by atoms with Crippen LogP contribution in [0.1, 0.15) is 24.8 Å². The van der Waals surface area contributed by atoms with Gasteiger partial charge in [-0.05, 0) is 37.0 Å². The molecular formula is C14H21BrN2O. The first-order valence-corrected chi connectivity index (χ1v) is 7.31. The van der Waals surface area contributed by atoms with Crippen LogP contribution in [0.25, 0.3) is 0 Å². The highest BCUT2D eigenvalue weighted by atomic mass is 79.9. The predicted molar refractivity (Wildman–Crippen MR) is 78.9 cm³/mol. The summed E-state index contributed by atoms with van der Waals surface area (Å²) in [5.74, 6) is 0. The Morgan fingerprint density at radius 1 is 1.44 bits per heavy atom. The van der Waals surface area contributed by atoms with Crippen molar-refractivity contribution in [3.05, 3.63) is 28.2 Å². The number of halogens is 1. The molecule has 1 saturated heterocycles. The number of nitrogens with two attached hydrogens (primary N) is 1. The second-order valence-electron chi connectivity index (χ2n) is 4.85. The van der Waals surface area contributed by atoms with Crippen LogP contribution in [0, 0.1) is 0 Å². The first kappa shape index (κ1) is 13.8. The van der Waals surface area contributed by atoms with E-state index >= 15 is 0 Å². The van der Waals surface area contributed by atoms with Gasteiger partial charge >= 0.3 is 0 Å². The number of ether oxygens (including phenoxy) is 1. The quantitative estimate of drug-likeness (QED) is 0.929. The summed E-state index contributed by atoms with van der Waals surface area (Å²) in [6.07, 6.45) is 4.04. The van der Waals surface area contributed by atoms with Crippen molar-refractivity contribution in [3.63, 3.8) is 0 Å². The molecule has 0 aromatic heterocycles. The lowest BCUT2D eigenvalue weighted by molar-refractivity contribution is 0.0216. The highest BCUT2D eigenvalue weighted by Gasteiger charge is 2.16. The summed E-state index contributed by atoms with van der Waals surface area (Å²) < 4.78 is 6.85. The van der Waals surface area contributed by atoms with E-state index in [-0.39, 0.29) is 0 Å². The van der Waals surface area contributed by atoms with Gasteiger partial charge in [0.05, 0.1) is 6.10 Å². The van der Waals surface area contributed by atoms with Crippen LogP contribution in [0.3, 0.4) is 0 Å². The number of rotatable bonds is 4. The van der Waals surface area contributed by atoms with Gasteiger partial charge in [-0.15, -0.1) is 0 Å². The largest absolute Gasteiger partial charge is 0.376 e. The molecule has 1 heterocycles. The molecule has 1 fully saturated rings. The van der Waals surface area contributed by atoms with Crippen LogP contribution in [0.4, 0.5) is 5.69 Å². The Morgan fingerprint density at radius 2 is 2.28 bits per heavy atom. The molecule has 1 atom stereocenters. The van der Waals surface area contributed by atoms with Crippen LogP contribution in [0.2, 0.25) is 0 Å². The lowest BCUT2D eigenvalue weighted by Crippen LogP contribution is -2.33. The van der Waals surface area contributed by atoms with Crippen LogP contribution < -0.4 is 10.6 Å². The van der Waals surface area contributed by atoms with Gasteiger partial charge in [-0.25, -0.2) is 0 Å². The van der Waals surface area contributed by atoms with E-state index in [1.165, 1.54) is 24.9 Å². The summed E-state index contributed by atoms with van der Waals surface area (Å²) in [4.78, 5) is 2.25. The summed E-state index contributed by atoms with van der Waals surface area (Å²) in [5.41, 5.74) is 8.00. The van der Waals surface area contributed by atoms with E-state index in [0.29, 0.717) is 12.6 Å². The van der Waals surface area contributed by atoms with Gasteiger partial charge < -0.3 is 15.4 Å². The third-order valence-electron chi connectivity index (χ3n) is 3.45. The minimum Gasteiger partial charge on any atom is -0.376 e. The maximum absolute atomic E-state index is 5.77. The lowest BCUT2D eigenvalue weighted by Gasteiger charge is -2.29. The van der Waals surface area contributed by atoms with E-state index in [0.717, 1.165) is 23.2 Å². The van der Waals surface area contributed by atoms with Crippen molar-refractivity contribution >= 4 is 21.6 Å². The molecule has 0 bridgehead atoms. The fourth-order valence-electron chi connectivity index (χ4n) is 2.30. The average Bonchev–Trinajstić information content (AvgIpc) is 2.39. The molecule has 1 aromatic rings. The maximum atomic E-state index is 5.77. The van der Waals surface area contributed by atoms with Crippen molar-refractivity contribution in [3.8, 4) is 0 Å². The average molecular weight is 313 g/mol. The van der Waals surface area contributed by atoms with Crippen molar-refractivity contribution in [2.75, 3.05) is 25.1 Å². The van der Waals surface area contributed by atoms with Crippen molar-refractivity contribution < 1.29 is 4.74 Å². The molecule has 4 heteroatoms. The summed E-state index contributed by atoms with van der Waals surface area (Å²) in [7, 11) is 2.11. The summed E-state index contributed by atoms with van der Waals surface area (Å²) in [5, 5.41) is 0. The number of hydrogen-bond acceptors (Lipinski definition) is 3. The molecule has 3 nitrogen and oxygen atoms in total. The number of benzene rings is 1. The van der Waals surface area contributed by atoms with Crippen molar-refractivity contribution in [2.24, 2.45) is 5.73 Å². The molecule has 0 spiro atoms. The molecule has 0 amide bonds. The maximum Gasteiger partial charge on any atom is 0.0749 e. The zero-order valence-corrected chi connectivity index (χ0v) is 12.4. The highest BCUT2D eigenvalue weighted by Crippen LogP contribution is 2.24. The molecule has 100 valence electrons. The van der Waals surface area contributed by atoms with E-state index in [1.54, 1.807) is 0 Å². The van der Waals surface area contributed by atoms with E-state index in [1.807, 2.05) is 0 Å². The van der Waals surface area contributed by atoms with Crippen LogP contribution in [-0.4, -0.2) is 26.3 Å². The monoisotopic (exact) mass is 312 g/mol. The zero-order valence-electron chi connectivity index (χ0n) is 10.9. The normalized spacial score (nSPS) is 19.8. The lowest BCUT2D eigenvalue weighted by atomic mass is 10.1. The molecule has 2 N–H and O–H groups in total. The van der Waals surface area contributed by atoms with Crippen LogP contribution in [-0.2, 0) is 11.3 Å². The third kappa shape index (κ3) is 3.46. The predicted octanol–water partition coefficient (Wildman–Crippen LogP) is 2.91. The van der Waals surface area contributed by atoms with Crippen molar-refractivity contribution in [1.82, 2.24) is 0 Å². The molecular weight excluding hydrogens is 292 g/mol. The molecule has 1 aliphatic rings. The van der Waals surface area contributed by atoms with E-state index < -0.39 is 0 Å². The minimum absolute atomic E-state index is 0.372. The standard InChI is InChI=1S/C14H21BrN2O/c1-17(10-13-4-2-3-7-18-13)12-6-5-11(9-16)14(15)8-12/h5-6,8,13H,2-4,7,9-10,16H2,1H3. The van der Waals surface area contributed by atoms with Crippen molar-refractivity contribution in [2.45, 2.75) is 31.9 Å². The van der Waals surface area contributed by atoms with Gasteiger partial charge in [0.2, 0.25) is 0 Å². The Labute approximate surface area is 117 Å². The first-order valence-electron chi connectivity index (χ1n) is 6.52. The minimum atomic E-state index is 0.372. The fraction of sp³-hybridized carbons (Fsp3) is 0.571. The van der Waals surface area contributed by atoms with E-state index in [2.05, 4.69) is 46.1 Å². The molecule has 1 aromatic carbocycles. The van der Waals surface area contributed by atoms with Gasteiger partial charge in [-0.3, -0.25) is 0 Å². The number of likely N-dealkylation sites (N-methyl/N-ethyl adjacent to an activating group) is 1. The Morgan fingerprint density at radius 3 is 2.89 bits per heavy atom.